The lowest BCUT2D eigenvalue weighted by Gasteiger charge is -2.06. The van der Waals surface area contributed by atoms with Crippen LogP contribution < -0.4 is 5.73 Å². The van der Waals surface area contributed by atoms with Gasteiger partial charge in [0.2, 0.25) is 0 Å². The molecule has 0 spiro atoms. The van der Waals surface area contributed by atoms with Crippen molar-refractivity contribution in [1.29, 1.82) is 0 Å². The van der Waals surface area contributed by atoms with Gasteiger partial charge in [-0.05, 0) is 37.2 Å². The topological polar surface area (TPSA) is 64.9 Å². The van der Waals surface area contributed by atoms with E-state index in [1.165, 1.54) is 12.1 Å². The van der Waals surface area contributed by atoms with E-state index < -0.39 is 0 Å². The van der Waals surface area contributed by atoms with E-state index in [4.69, 9.17) is 10.3 Å². The second kappa shape index (κ2) is 6.68. The molecule has 0 amide bonds. The minimum atomic E-state index is -0.283. The average Bonchev–Trinajstić information content (AvgIpc) is 2.86. The minimum Gasteiger partial charge on any atom is -0.334 e. The van der Waals surface area contributed by atoms with Gasteiger partial charge in [-0.3, -0.25) is 0 Å². The zero-order valence-corrected chi connectivity index (χ0v) is 11.5. The van der Waals surface area contributed by atoms with Crippen molar-refractivity contribution >= 4 is 11.8 Å². The third-order valence-corrected chi connectivity index (χ3v) is 3.86. The largest absolute Gasteiger partial charge is 0.334 e. The molecule has 0 aliphatic rings. The Balaban J connectivity index is 1.97. The summed E-state index contributed by atoms with van der Waals surface area (Å²) in [5, 5.41) is 4.39. The monoisotopic (exact) mass is 281 g/mol. The normalized spacial score (nSPS) is 12.6. The first-order valence-corrected chi connectivity index (χ1v) is 7.14. The second-order valence-corrected chi connectivity index (χ2v) is 5.65. The Morgan fingerprint density at radius 3 is 2.79 bits per heavy atom. The molecule has 1 aromatic carbocycles. The highest BCUT2D eigenvalue weighted by molar-refractivity contribution is 7.99. The predicted molar refractivity (Wildman–Crippen MR) is 74.1 cm³/mol. The molecule has 2 aromatic rings. The second-order valence-electron chi connectivity index (χ2n) is 4.22. The summed E-state index contributed by atoms with van der Waals surface area (Å²) in [6.07, 6.45) is 0.966. The van der Waals surface area contributed by atoms with E-state index in [1.54, 1.807) is 23.9 Å². The molecule has 0 saturated heterocycles. The van der Waals surface area contributed by atoms with Gasteiger partial charge < -0.3 is 10.3 Å². The van der Waals surface area contributed by atoms with Gasteiger partial charge in [-0.25, -0.2) is 4.39 Å². The van der Waals surface area contributed by atoms with Crippen LogP contribution in [0.3, 0.4) is 0 Å². The van der Waals surface area contributed by atoms with Crippen LogP contribution in [0.4, 0.5) is 4.39 Å². The average molecular weight is 281 g/mol. The Morgan fingerprint density at radius 1 is 1.37 bits per heavy atom. The molecule has 1 heterocycles. The van der Waals surface area contributed by atoms with Crippen molar-refractivity contribution in [3.63, 3.8) is 0 Å². The number of hydrogen-bond acceptors (Lipinski definition) is 5. The molecule has 2 rings (SSSR count). The molecule has 0 bridgehead atoms. The van der Waals surface area contributed by atoms with Crippen LogP contribution in [0.25, 0.3) is 11.5 Å². The van der Waals surface area contributed by atoms with Crippen molar-refractivity contribution in [3.8, 4) is 11.5 Å². The summed E-state index contributed by atoms with van der Waals surface area (Å²) >= 11 is 1.74. The van der Waals surface area contributed by atoms with E-state index in [1.807, 2.05) is 0 Å². The highest BCUT2D eigenvalue weighted by Crippen LogP contribution is 2.21. The Morgan fingerprint density at radius 2 is 2.11 bits per heavy atom. The Hall–Kier alpha value is -1.40. The molecule has 19 heavy (non-hydrogen) atoms. The summed E-state index contributed by atoms with van der Waals surface area (Å²) in [5.41, 5.74) is 6.22. The maximum Gasteiger partial charge on any atom is 0.257 e. The lowest BCUT2D eigenvalue weighted by Crippen LogP contribution is -2.07. The molecule has 102 valence electrons. The van der Waals surface area contributed by atoms with Gasteiger partial charge in [0.1, 0.15) is 5.82 Å². The van der Waals surface area contributed by atoms with Crippen LogP contribution in [0.5, 0.6) is 0 Å². The Labute approximate surface area is 115 Å². The summed E-state index contributed by atoms with van der Waals surface area (Å²) in [6, 6.07) is 5.99. The molecule has 0 saturated carbocycles. The molecule has 6 heteroatoms. The van der Waals surface area contributed by atoms with Crippen molar-refractivity contribution in [3.05, 3.63) is 35.9 Å². The van der Waals surface area contributed by atoms with Crippen molar-refractivity contribution in [2.75, 3.05) is 6.54 Å². The predicted octanol–water partition coefficient (Wildman–Crippen LogP) is 2.85. The van der Waals surface area contributed by atoms with E-state index in [0.29, 0.717) is 29.3 Å². The molecule has 1 unspecified atom stereocenters. The molecule has 1 atom stereocenters. The van der Waals surface area contributed by atoms with Crippen LogP contribution >= 0.6 is 11.8 Å². The van der Waals surface area contributed by atoms with Crippen LogP contribution in [-0.2, 0) is 5.75 Å². The van der Waals surface area contributed by atoms with Crippen LogP contribution in [-0.4, -0.2) is 21.9 Å². The first kappa shape index (κ1) is 14.0. The Bertz CT molecular complexity index is 515. The highest BCUT2D eigenvalue weighted by atomic mass is 32.2. The molecule has 2 N–H and O–H groups in total. The third-order valence-electron chi connectivity index (χ3n) is 2.63. The van der Waals surface area contributed by atoms with Gasteiger partial charge >= 0.3 is 0 Å². The SMILES string of the molecule is CC(CCN)SCc1noc(-c2ccc(F)cc2)n1. The van der Waals surface area contributed by atoms with Crippen molar-refractivity contribution in [2.24, 2.45) is 5.73 Å². The van der Waals surface area contributed by atoms with Crippen LogP contribution in [0.15, 0.2) is 28.8 Å². The lowest BCUT2D eigenvalue weighted by atomic mass is 10.2. The van der Waals surface area contributed by atoms with E-state index in [0.717, 1.165) is 12.0 Å². The first-order chi connectivity index (χ1) is 9.19. The van der Waals surface area contributed by atoms with Gasteiger partial charge in [0.25, 0.3) is 5.89 Å². The van der Waals surface area contributed by atoms with E-state index in [2.05, 4.69) is 17.1 Å². The molecule has 0 fully saturated rings. The number of nitrogens with two attached hydrogens (primary N) is 1. The number of benzene rings is 1. The standard InChI is InChI=1S/C13H16FN3OS/c1-9(6-7-15)19-8-12-16-13(18-17-12)10-2-4-11(14)5-3-10/h2-5,9H,6-8,15H2,1H3. The fourth-order valence-corrected chi connectivity index (χ4v) is 2.41. The van der Waals surface area contributed by atoms with E-state index in [9.17, 15) is 4.39 Å². The lowest BCUT2D eigenvalue weighted by molar-refractivity contribution is 0.425. The number of rotatable bonds is 6. The maximum atomic E-state index is 12.8. The van der Waals surface area contributed by atoms with Gasteiger partial charge in [0, 0.05) is 10.8 Å². The van der Waals surface area contributed by atoms with Crippen molar-refractivity contribution in [1.82, 2.24) is 10.1 Å². The van der Waals surface area contributed by atoms with Gasteiger partial charge in [-0.1, -0.05) is 12.1 Å². The molecule has 0 aliphatic heterocycles. The zero-order valence-electron chi connectivity index (χ0n) is 10.7. The van der Waals surface area contributed by atoms with Gasteiger partial charge in [0.15, 0.2) is 5.82 Å². The number of aromatic nitrogens is 2. The molecule has 0 aliphatic carbocycles. The fraction of sp³-hybridized carbons (Fsp3) is 0.385. The fourth-order valence-electron chi connectivity index (χ4n) is 1.56. The van der Waals surface area contributed by atoms with Crippen molar-refractivity contribution in [2.45, 2.75) is 24.3 Å². The van der Waals surface area contributed by atoms with Gasteiger partial charge in [-0.2, -0.15) is 16.7 Å². The zero-order chi connectivity index (χ0) is 13.7. The highest BCUT2D eigenvalue weighted by Gasteiger charge is 2.10. The number of hydrogen-bond donors (Lipinski definition) is 1. The molecule has 1 aromatic heterocycles. The van der Waals surface area contributed by atoms with E-state index >= 15 is 0 Å². The van der Waals surface area contributed by atoms with Crippen molar-refractivity contribution < 1.29 is 8.91 Å². The molecule has 0 radical (unpaired) electrons. The summed E-state index contributed by atoms with van der Waals surface area (Å²) in [6.45, 7) is 2.81. The van der Waals surface area contributed by atoms with E-state index in [-0.39, 0.29) is 5.82 Å². The number of nitrogens with zero attached hydrogens (tertiary/aromatic N) is 2. The first-order valence-electron chi connectivity index (χ1n) is 6.09. The summed E-state index contributed by atoms with van der Waals surface area (Å²) in [5.74, 6) is 1.47. The summed E-state index contributed by atoms with van der Waals surface area (Å²) in [4.78, 5) is 4.29. The molecular formula is C13H16FN3OS. The smallest absolute Gasteiger partial charge is 0.257 e. The molecular weight excluding hydrogens is 265 g/mol. The third kappa shape index (κ3) is 4.04. The number of thioether (sulfide) groups is 1. The quantitative estimate of drug-likeness (QED) is 0.882. The summed E-state index contributed by atoms with van der Waals surface area (Å²) in [7, 11) is 0. The Kier molecular flexibility index (Phi) is 4.93. The maximum absolute atomic E-state index is 12.8. The summed E-state index contributed by atoms with van der Waals surface area (Å²) < 4.78 is 18.0. The van der Waals surface area contributed by atoms with Crippen LogP contribution in [0, 0.1) is 5.82 Å². The molecule has 4 nitrogen and oxygen atoms in total. The van der Waals surface area contributed by atoms with Crippen LogP contribution in [0.2, 0.25) is 0 Å². The minimum absolute atomic E-state index is 0.283. The van der Waals surface area contributed by atoms with Gasteiger partial charge in [0.05, 0.1) is 5.75 Å². The number of halogens is 1. The van der Waals surface area contributed by atoms with Gasteiger partial charge in [-0.15, -0.1) is 0 Å². The van der Waals surface area contributed by atoms with Crippen LogP contribution in [0.1, 0.15) is 19.2 Å².